The van der Waals surface area contributed by atoms with Crippen molar-refractivity contribution >= 4 is 11.9 Å². The molecule has 0 aliphatic carbocycles. The normalized spacial score (nSPS) is 11.6. The lowest BCUT2D eigenvalue weighted by Crippen LogP contribution is -2.11. The molecule has 0 unspecified atom stereocenters. The summed E-state index contributed by atoms with van der Waals surface area (Å²) < 4.78 is 5.11. The summed E-state index contributed by atoms with van der Waals surface area (Å²) in [7, 11) is 1.63. The van der Waals surface area contributed by atoms with Crippen LogP contribution in [0.15, 0.2) is 54.6 Å². The first-order chi connectivity index (χ1) is 10.4. The van der Waals surface area contributed by atoms with Crippen molar-refractivity contribution in [2.24, 2.45) is 0 Å². The molecular weight excluding hydrogens is 272 g/mol. The first-order valence-electron chi connectivity index (χ1n) is 7.37. The van der Waals surface area contributed by atoms with Crippen LogP contribution in [-0.4, -0.2) is 12.9 Å². The van der Waals surface area contributed by atoms with E-state index in [2.05, 4.69) is 20.8 Å². The summed E-state index contributed by atoms with van der Waals surface area (Å²) >= 11 is 0. The third-order valence-electron chi connectivity index (χ3n) is 3.58. The number of ether oxygens (including phenoxy) is 1. The van der Waals surface area contributed by atoms with E-state index in [1.54, 1.807) is 13.2 Å². The average molecular weight is 294 g/mol. The van der Waals surface area contributed by atoms with Gasteiger partial charge in [0.15, 0.2) is 5.78 Å². The zero-order valence-electron chi connectivity index (χ0n) is 13.6. The van der Waals surface area contributed by atoms with Crippen LogP contribution in [0.4, 0.5) is 0 Å². The number of carbonyl (C=O) groups is 1. The molecule has 0 spiro atoms. The largest absolute Gasteiger partial charge is 0.497 e. The number of allylic oxidation sites excluding steroid dienone is 1. The summed E-state index contributed by atoms with van der Waals surface area (Å²) in [5.41, 5.74) is 3.00. The highest BCUT2D eigenvalue weighted by molar-refractivity contribution is 6.06. The highest BCUT2D eigenvalue weighted by atomic mass is 16.5. The number of hydrogen-bond acceptors (Lipinski definition) is 2. The number of ketones is 1. The fourth-order valence-electron chi connectivity index (χ4n) is 2.12. The Morgan fingerprint density at radius 1 is 0.955 bits per heavy atom. The Bertz CT molecular complexity index is 656. The molecule has 0 amide bonds. The maximum Gasteiger partial charge on any atom is 0.185 e. The molecule has 2 rings (SSSR count). The van der Waals surface area contributed by atoms with E-state index in [-0.39, 0.29) is 11.2 Å². The van der Waals surface area contributed by atoms with Crippen LogP contribution in [0.5, 0.6) is 5.75 Å². The van der Waals surface area contributed by atoms with Gasteiger partial charge in [-0.3, -0.25) is 4.79 Å². The van der Waals surface area contributed by atoms with Crippen molar-refractivity contribution in [3.05, 3.63) is 71.3 Å². The molecule has 2 heteroatoms. The molecule has 0 radical (unpaired) electrons. The van der Waals surface area contributed by atoms with Crippen molar-refractivity contribution in [1.29, 1.82) is 0 Å². The van der Waals surface area contributed by atoms with Crippen molar-refractivity contribution < 1.29 is 9.53 Å². The minimum Gasteiger partial charge on any atom is -0.497 e. The first-order valence-corrected chi connectivity index (χ1v) is 7.37. The highest BCUT2D eigenvalue weighted by Gasteiger charge is 2.13. The van der Waals surface area contributed by atoms with Crippen LogP contribution in [0.2, 0.25) is 0 Å². The standard InChI is InChI=1S/C20H22O2/c1-20(2,3)17-10-8-16(9-11-17)19(21)14-7-15-5-12-18(22-4)13-6-15/h5-14H,1-4H3. The smallest absolute Gasteiger partial charge is 0.185 e. The van der Waals surface area contributed by atoms with Crippen molar-refractivity contribution in [2.45, 2.75) is 26.2 Å². The van der Waals surface area contributed by atoms with E-state index in [1.807, 2.05) is 54.6 Å². The Kier molecular flexibility index (Phi) is 4.81. The van der Waals surface area contributed by atoms with Crippen LogP contribution in [0, 0.1) is 0 Å². The third-order valence-corrected chi connectivity index (χ3v) is 3.58. The Morgan fingerprint density at radius 2 is 1.55 bits per heavy atom. The van der Waals surface area contributed by atoms with E-state index in [4.69, 9.17) is 4.74 Å². The van der Waals surface area contributed by atoms with E-state index >= 15 is 0 Å². The minimum absolute atomic E-state index is 0.0104. The topological polar surface area (TPSA) is 26.3 Å². The van der Waals surface area contributed by atoms with Crippen molar-refractivity contribution in [3.8, 4) is 5.75 Å². The van der Waals surface area contributed by atoms with Gasteiger partial charge in [0, 0.05) is 5.56 Å². The van der Waals surface area contributed by atoms with E-state index in [0.717, 1.165) is 11.3 Å². The monoisotopic (exact) mass is 294 g/mol. The van der Waals surface area contributed by atoms with Gasteiger partial charge in [0.25, 0.3) is 0 Å². The zero-order valence-corrected chi connectivity index (χ0v) is 13.6. The molecule has 22 heavy (non-hydrogen) atoms. The Labute approximate surface area is 132 Å². The molecule has 0 atom stereocenters. The summed E-state index contributed by atoms with van der Waals surface area (Å²) in [5, 5.41) is 0. The molecule has 0 bridgehead atoms. The van der Waals surface area contributed by atoms with Crippen LogP contribution in [0.25, 0.3) is 6.08 Å². The number of carbonyl (C=O) groups excluding carboxylic acids is 1. The maximum absolute atomic E-state index is 12.2. The predicted octanol–water partition coefficient (Wildman–Crippen LogP) is 4.89. The highest BCUT2D eigenvalue weighted by Crippen LogP contribution is 2.22. The van der Waals surface area contributed by atoms with Crippen LogP contribution in [0.1, 0.15) is 42.3 Å². The number of rotatable bonds is 4. The van der Waals surface area contributed by atoms with Gasteiger partial charge in [-0.1, -0.05) is 63.2 Å². The maximum atomic E-state index is 12.2. The molecule has 114 valence electrons. The molecule has 0 N–H and O–H groups in total. The first kappa shape index (κ1) is 16.0. The van der Waals surface area contributed by atoms with Gasteiger partial charge < -0.3 is 4.74 Å². The lowest BCUT2D eigenvalue weighted by molar-refractivity contribution is 0.104. The van der Waals surface area contributed by atoms with Gasteiger partial charge in [-0.2, -0.15) is 0 Å². The lowest BCUT2D eigenvalue weighted by atomic mass is 9.86. The third kappa shape index (κ3) is 4.08. The summed E-state index contributed by atoms with van der Waals surface area (Å²) in [6, 6.07) is 15.4. The molecule has 0 aromatic heterocycles. The van der Waals surface area contributed by atoms with E-state index in [9.17, 15) is 4.79 Å². The van der Waals surface area contributed by atoms with E-state index in [1.165, 1.54) is 5.56 Å². The summed E-state index contributed by atoms with van der Waals surface area (Å²) in [6.07, 6.45) is 3.42. The fourth-order valence-corrected chi connectivity index (χ4v) is 2.12. The summed E-state index contributed by atoms with van der Waals surface area (Å²) in [6.45, 7) is 6.48. The van der Waals surface area contributed by atoms with Gasteiger partial charge in [-0.25, -0.2) is 0 Å². The predicted molar refractivity (Wildman–Crippen MR) is 91.5 cm³/mol. The van der Waals surface area contributed by atoms with Gasteiger partial charge in [0.1, 0.15) is 5.75 Å². The molecule has 0 aliphatic rings. The number of benzene rings is 2. The fraction of sp³-hybridized carbons (Fsp3) is 0.250. The molecule has 0 aliphatic heterocycles. The molecule has 2 nitrogen and oxygen atoms in total. The molecule has 2 aromatic rings. The Balaban J connectivity index is 2.09. The zero-order chi connectivity index (χ0) is 16.2. The summed E-state index contributed by atoms with van der Waals surface area (Å²) in [5.74, 6) is 0.817. The van der Waals surface area contributed by atoms with Gasteiger partial charge >= 0.3 is 0 Å². The minimum atomic E-state index is 0.0104. The second-order valence-corrected chi connectivity index (χ2v) is 6.30. The Hall–Kier alpha value is -2.35. The van der Waals surface area contributed by atoms with Crippen molar-refractivity contribution in [1.82, 2.24) is 0 Å². The molecule has 0 heterocycles. The Morgan fingerprint density at radius 3 is 2.05 bits per heavy atom. The van der Waals surface area contributed by atoms with Crippen molar-refractivity contribution in [2.75, 3.05) is 7.11 Å². The number of methoxy groups -OCH3 is 1. The molecular formula is C20H22O2. The van der Waals surface area contributed by atoms with Crippen LogP contribution >= 0.6 is 0 Å². The van der Waals surface area contributed by atoms with E-state index < -0.39 is 0 Å². The van der Waals surface area contributed by atoms with Gasteiger partial charge in [0.05, 0.1) is 7.11 Å². The quantitative estimate of drug-likeness (QED) is 0.593. The van der Waals surface area contributed by atoms with E-state index in [0.29, 0.717) is 5.56 Å². The van der Waals surface area contributed by atoms with Crippen molar-refractivity contribution in [3.63, 3.8) is 0 Å². The second kappa shape index (κ2) is 6.61. The van der Waals surface area contributed by atoms with Gasteiger partial charge in [-0.05, 0) is 34.8 Å². The average Bonchev–Trinajstić information content (AvgIpc) is 2.52. The molecule has 2 aromatic carbocycles. The SMILES string of the molecule is COc1ccc(C=CC(=O)c2ccc(C(C)(C)C)cc2)cc1. The van der Waals surface area contributed by atoms with Crippen LogP contribution in [0.3, 0.4) is 0 Å². The number of hydrogen-bond donors (Lipinski definition) is 0. The van der Waals surface area contributed by atoms with Crippen LogP contribution in [-0.2, 0) is 5.41 Å². The molecule has 0 fully saturated rings. The van der Waals surface area contributed by atoms with Crippen LogP contribution < -0.4 is 4.74 Å². The summed E-state index contributed by atoms with van der Waals surface area (Å²) in [4.78, 5) is 12.2. The second-order valence-electron chi connectivity index (χ2n) is 6.30. The van der Waals surface area contributed by atoms with Gasteiger partial charge in [-0.15, -0.1) is 0 Å². The molecule has 0 saturated heterocycles. The molecule has 0 saturated carbocycles. The lowest BCUT2D eigenvalue weighted by Gasteiger charge is -2.18. The van der Waals surface area contributed by atoms with Gasteiger partial charge in [0.2, 0.25) is 0 Å².